The Balaban J connectivity index is 4.20. The number of esters is 3. The zero-order valence-electron chi connectivity index (χ0n) is 54.9. The molecule has 0 aliphatic rings. The van der Waals surface area contributed by atoms with Crippen LogP contribution in [0, 0.1) is 0 Å². The predicted octanol–water partition coefficient (Wildman–Crippen LogP) is 24.8. The summed E-state index contributed by atoms with van der Waals surface area (Å²) in [4.78, 5) is 38.4. The lowest BCUT2D eigenvalue weighted by molar-refractivity contribution is -0.167. The fourth-order valence-corrected chi connectivity index (χ4v) is 10.2. The lowest BCUT2D eigenvalue weighted by atomic mass is 10.0. The summed E-state index contributed by atoms with van der Waals surface area (Å²) in [6.07, 6.45) is 95.9. The molecule has 0 fully saturated rings. The van der Waals surface area contributed by atoms with Crippen molar-refractivity contribution in [2.24, 2.45) is 0 Å². The summed E-state index contributed by atoms with van der Waals surface area (Å²) in [6, 6.07) is 0. The van der Waals surface area contributed by atoms with Crippen LogP contribution in [-0.4, -0.2) is 37.2 Å². The summed E-state index contributed by atoms with van der Waals surface area (Å²) < 4.78 is 17.0. The van der Waals surface area contributed by atoms with E-state index in [0.717, 1.165) is 128 Å². The minimum atomic E-state index is -0.791. The predicted molar refractivity (Wildman–Crippen MR) is 362 cm³/mol. The zero-order valence-corrected chi connectivity index (χ0v) is 54.9. The molecule has 1 atom stereocenters. The highest BCUT2D eigenvalue weighted by Crippen LogP contribution is 2.17. The molecule has 6 heteroatoms. The highest BCUT2D eigenvalue weighted by molar-refractivity contribution is 5.71. The smallest absolute Gasteiger partial charge is 0.306 e. The Labute approximate surface area is 515 Å². The minimum Gasteiger partial charge on any atom is -0.462 e. The van der Waals surface area contributed by atoms with Gasteiger partial charge in [-0.3, -0.25) is 14.4 Å². The number of ether oxygens (including phenoxy) is 3. The lowest BCUT2D eigenvalue weighted by Gasteiger charge is -2.18. The van der Waals surface area contributed by atoms with E-state index in [0.29, 0.717) is 19.3 Å². The molecule has 478 valence electrons. The average Bonchev–Trinajstić information content (AvgIpc) is 3.49. The van der Waals surface area contributed by atoms with Gasteiger partial charge >= 0.3 is 17.9 Å². The highest BCUT2D eigenvalue weighted by Gasteiger charge is 2.19. The Morgan fingerprint density at radius 1 is 0.253 bits per heavy atom. The van der Waals surface area contributed by atoms with Crippen molar-refractivity contribution in [3.63, 3.8) is 0 Å². The van der Waals surface area contributed by atoms with Crippen LogP contribution in [0.5, 0.6) is 0 Å². The highest BCUT2D eigenvalue weighted by atomic mass is 16.6. The topological polar surface area (TPSA) is 78.9 Å². The third-order valence-electron chi connectivity index (χ3n) is 15.5. The number of carbonyl (C=O) groups excluding carboxylic acids is 3. The molecular formula is C77H134O6. The molecule has 83 heavy (non-hydrogen) atoms. The molecular weight excluding hydrogens is 1020 g/mol. The lowest BCUT2D eigenvalue weighted by Crippen LogP contribution is -2.30. The number of carbonyl (C=O) groups is 3. The van der Waals surface area contributed by atoms with Gasteiger partial charge in [0.1, 0.15) is 13.2 Å². The van der Waals surface area contributed by atoms with Crippen molar-refractivity contribution in [2.45, 2.75) is 361 Å². The average molecular weight is 1160 g/mol. The first-order chi connectivity index (χ1) is 41.0. The molecule has 0 saturated heterocycles. The number of hydrogen-bond acceptors (Lipinski definition) is 6. The maximum atomic E-state index is 12.9. The van der Waals surface area contributed by atoms with Crippen molar-refractivity contribution in [3.8, 4) is 0 Å². The van der Waals surface area contributed by atoms with Crippen molar-refractivity contribution in [2.75, 3.05) is 13.2 Å². The minimum absolute atomic E-state index is 0.0841. The molecule has 0 aliphatic carbocycles. The molecule has 0 amide bonds. The Morgan fingerprint density at radius 2 is 0.470 bits per heavy atom. The molecule has 0 aliphatic heterocycles. The third kappa shape index (κ3) is 69.0. The summed E-state index contributed by atoms with van der Waals surface area (Å²) in [5, 5.41) is 0. The number of rotatable bonds is 65. The van der Waals surface area contributed by atoms with E-state index in [-0.39, 0.29) is 31.1 Å². The van der Waals surface area contributed by atoms with Gasteiger partial charge in [0.2, 0.25) is 0 Å². The van der Waals surface area contributed by atoms with Gasteiger partial charge < -0.3 is 14.2 Å². The van der Waals surface area contributed by atoms with E-state index in [1.54, 1.807) is 0 Å². The molecule has 0 saturated carbocycles. The summed E-state index contributed by atoms with van der Waals surface area (Å²) in [6.45, 7) is 6.51. The van der Waals surface area contributed by atoms with Crippen molar-refractivity contribution < 1.29 is 28.6 Å². The van der Waals surface area contributed by atoms with Gasteiger partial charge in [0, 0.05) is 19.3 Å². The number of allylic oxidation sites excluding steroid dienone is 16. The van der Waals surface area contributed by atoms with Gasteiger partial charge in [0.15, 0.2) is 6.10 Å². The maximum Gasteiger partial charge on any atom is 0.306 e. The Bertz CT molecular complexity index is 1610. The Hall–Kier alpha value is -3.67. The van der Waals surface area contributed by atoms with Crippen LogP contribution in [0.2, 0.25) is 0 Å². The first-order valence-corrected chi connectivity index (χ1v) is 35.7. The van der Waals surface area contributed by atoms with Crippen LogP contribution in [0.3, 0.4) is 0 Å². The molecule has 0 bridgehead atoms. The quantitative estimate of drug-likeness (QED) is 0.0261. The van der Waals surface area contributed by atoms with Crippen LogP contribution in [0.15, 0.2) is 97.2 Å². The fraction of sp³-hybridized carbons (Fsp3) is 0.753. The molecule has 0 N–H and O–H groups in total. The van der Waals surface area contributed by atoms with Crippen LogP contribution in [0.25, 0.3) is 0 Å². The molecule has 0 aromatic carbocycles. The van der Waals surface area contributed by atoms with Crippen LogP contribution in [-0.2, 0) is 28.6 Å². The second kappa shape index (κ2) is 70.8. The van der Waals surface area contributed by atoms with Crippen LogP contribution in [0.1, 0.15) is 355 Å². The number of unbranched alkanes of at least 4 members (excludes halogenated alkanes) is 38. The van der Waals surface area contributed by atoms with E-state index in [9.17, 15) is 14.4 Å². The van der Waals surface area contributed by atoms with Gasteiger partial charge in [-0.05, 0) is 122 Å². The summed E-state index contributed by atoms with van der Waals surface area (Å²) in [7, 11) is 0. The molecule has 0 rings (SSSR count). The maximum absolute atomic E-state index is 12.9. The van der Waals surface area contributed by atoms with E-state index in [4.69, 9.17) is 14.2 Å². The Morgan fingerprint density at radius 3 is 0.735 bits per heavy atom. The molecule has 0 heterocycles. The van der Waals surface area contributed by atoms with Crippen LogP contribution < -0.4 is 0 Å². The van der Waals surface area contributed by atoms with E-state index < -0.39 is 6.10 Å². The first kappa shape index (κ1) is 79.3. The normalized spacial score (nSPS) is 12.7. The standard InChI is InChI=1S/C77H134O6/c1-4-7-10-13-16-19-22-25-28-31-32-33-34-35-36-37-38-39-40-41-42-43-44-45-46-47-50-52-55-58-61-64-67-70-76(79)82-73-74(83-77(80)71-68-65-62-59-56-53-49-30-27-24-21-18-15-12-9-6-3)72-81-75(78)69-66-63-60-57-54-51-48-29-26-23-20-17-14-11-8-5-2/h7,10,16,19-21,23-25,28-30,32-33,48-49,74H,4-6,8-9,11-15,17-18,22,26-27,31,34-47,50-73H2,1-3H3/b10-7-,19-16-,23-20-,24-21-,28-25-,33-32-,48-29-,49-30-. The summed E-state index contributed by atoms with van der Waals surface area (Å²) in [5.74, 6) is -0.895. The van der Waals surface area contributed by atoms with Gasteiger partial charge in [-0.25, -0.2) is 0 Å². The largest absolute Gasteiger partial charge is 0.462 e. The van der Waals surface area contributed by atoms with Crippen molar-refractivity contribution in [1.82, 2.24) is 0 Å². The van der Waals surface area contributed by atoms with Gasteiger partial charge in [-0.2, -0.15) is 0 Å². The summed E-state index contributed by atoms with van der Waals surface area (Å²) >= 11 is 0. The van der Waals surface area contributed by atoms with Crippen molar-refractivity contribution in [3.05, 3.63) is 97.2 Å². The van der Waals surface area contributed by atoms with Crippen LogP contribution >= 0.6 is 0 Å². The van der Waals surface area contributed by atoms with Crippen molar-refractivity contribution in [1.29, 1.82) is 0 Å². The third-order valence-corrected chi connectivity index (χ3v) is 15.5. The van der Waals surface area contributed by atoms with E-state index in [1.165, 1.54) is 186 Å². The molecule has 1 unspecified atom stereocenters. The second-order valence-corrected chi connectivity index (χ2v) is 23.8. The monoisotopic (exact) mass is 1160 g/mol. The van der Waals surface area contributed by atoms with Crippen LogP contribution in [0.4, 0.5) is 0 Å². The fourth-order valence-electron chi connectivity index (χ4n) is 10.2. The van der Waals surface area contributed by atoms with Gasteiger partial charge in [-0.15, -0.1) is 0 Å². The van der Waals surface area contributed by atoms with Crippen molar-refractivity contribution >= 4 is 17.9 Å². The second-order valence-electron chi connectivity index (χ2n) is 23.8. The first-order valence-electron chi connectivity index (χ1n) is 35.7. The summed E-state index contributed by atoms with van der Waals surface area (Å²) in [5.41, 5.74) is 0. The van der Waals surface area contributed by atoms with E-state index >= 15 is 0 Å². The molecule has 0 aromatic rings. The SMILES string of the molecule is CC/C=C\C/C=C\C/C=C\C/C=C\CCCCCCCCCCCCCCCCCCCCCCC(=O)OCC(COC(=O)CCCCCCC/C=C\C/C=C\CCCCCC)OC(=O)CCCCCCC/C=C\C/C=C\CCCCCC. The zero-order chi connectivity index (χ0) is 59.9. The van der Waals surface area contributed by atoms with Gasteiger partial charge in [0.25, 0.3) is 0 Å². The molecule has 0 spiro atoms. The Kier molecular flexibility index (Phi) is 67.7. The van der Waals surface area contributed by atoms with Gasteiger partial charge in [0.05, 0.1) is 0 Å². The van der Waals surface area contributed by atoms with Gasteiger partial charge in [-0.1, -0.05) is 311 Å². The number of hydrogen-bond donors (Lipinski definition) is 0. The molecule has 0 radical (unpaired) electrons. The van der Waals surface area contributed by atoms with E-state index in [1.807, 2.05) is 0 Å². The molecule has 0 aromatic heterocycles. The molecule has 6 nitrogen and oxygen atoms in total. The van der Waals surface area contributed by atoms with E-state index in [2.05, 4.69) is 118 Å².